The van der Waals surface area contributed by atoms with Crippen molar-refractivity contribution in [2.45, 2.75) is 12.8 Å². The molecule has 0 saturated heterocycles. The number of hydrogen-bond donors (Lipinski definition) is 1. The molecule has 0 fully saturated rings. The van der Waals surface area contributed by atoms with Crippen LogP contribution in [0.1, 0.15) is 12.8 Å². The number of hydrogen-bond acceptors (Lipinski definition) is 7. The molecule has 0 aliphatic carbocycles. The van der Waals surface area contributed by atoms with Gasteiger partial charge in [-0.15, -0.1) is 0 Å². The Bertz CT molecular complexity index is 480. The number of aromatic nitrogens is 2. The Hall–Kier alpha value is -2.54. The van der Waals surface area contributed by atoms with Crippen LogP contribution < -0.4 is 15.5 Å². The molecular weight excluding hydrogens is 242 g/mol. The maximum Gasteiger partial charge on any atom is 0.157 e. The highest BCUT2D eigenvalue weighted by atomic mass is 15.2. The minimum atomic E-state index is 0.353. The van der Waals surface area contributed by atoms with Crippen molar-refractivity contribution in [1.82, 2.24) is 9.97 Å². The van der Waals surface area contributed by atoms with E-state index >= 15 is 0 Å². The Kier molecular flexibility index (Phi) is 5.36. The summed E-state index contributed by atoms with van der Waals surface area (Å²) in [7, 11) is 3.69. The Morgan fingerprint density at radius 1 is 1.11 bits per heavy atom. The molecule has 0 radical (unpaired) electrons. The molecule has 1 aromatic rings. The van der Waals surface area contributed by atoms with Crippen molar-refractivity contribution in [3.8, 4) is 12.1 Å². The van der Waals surface area contributed by atoms with Crippen molar-refractivity contribution in [2.75, 3.05) is 42.7 Å². The van der Waals surface area contributed by atoms with Crippen LogP contribution in [-0.4, -0.2) is 37.2 Å². The minimum Gasteiger partial charge on any atom is -0.393 e. The summed E-state index contributed by atoms with van der Waals surface area (Å²) >= 11 is 0. The summed E-state index contributed by atoms with van der Waals surface area (Å²) < 4.78 is 0. The molecule has 0 amide bonds. The highest BCUT2D eigenvalue weighted by molar-refractivity contribution is 5.75. The van der Waals surface area contributed by atoms with Crippen LogP contribution in [-0.2, 0) is 0 Å². The van der Waals surface area contributed by atoms with Gasteiger partial charge in [-0.25, -0.2) is 9.97 Å². The first kappa shape index (κ1) is 14.5. The van der Waals surface area contributed by atoms with Gasteiger partial charge < -0.3 is 15.5 Å². The number of nitrogens with zero attached hydrogens (tertiary/aromatic N) is 6. The largest absolute Gasteiger partial charge is 0.393 e. The molecule has 19 heavy (non-hydrogen) atoms. The third-order valence-corrected chi connectivity index (χ3v) is 2.55. The van der Waals surface area contributed by atoms with Crippen molar-refractivity contribution in [3.05, 3.63) is 6.33 Å². The van der Waals surface area contributed by atoms with Gasteiger partial charge in [-0.2, -0.15) is 10.5 Å². The molecule has 100 valence electrons. The fourth-order valence-electron chi connectivity index (χ4n) is 1.68. The van der Waals surface area contributed by atoms with Crippen molar-refractivity contribution >= 4 is 17.3 Å². The van der Waals surface area contributed by atoms with Crippen LogP contribution in [0.2, 0.25) is 0 Å². The second-order valence-corrected chi connectivity index (χ2v) is 4.13. The van der Waals surface area contributed by atoms with E-state index in [9.17, 15) is 0 Å². The number of rotatable bonds is 6. The number of nitriles is 2. The third-order valence-electron chi connectivity index (χ3n) is 2.55. The Balaban J connectivity index is 3.04. The van der Waals surface area contributed by atoms with E-state index in [2.05, 4.69) is 22.1 Å². The van der Waals surface area contributed by atoms with Crippen molar-refractivity contribution in [3.63, 3.8) is 0 Å². The average molecular weight is 259 g/mol. The fourth-order valence-corrected chi connectivity index (χ4v) is 1.68. The van der Waals surface area contributed by atoms with Crippen LogP contribution in [0.3, 0.4) is 0 Å². The summed E-state index contributed by atoms with van der Waals surface area (Å²) in [5.74, 6) is 1.20. The van der Waals surface area contributed by atoms with Crippen molar-refractivity contribution < 1.29 is 0 Å². The van der Waals surface area contributed by atoms with Gasteiger partial charge in [0.25, 0.3) is 0 Å². The lowest BCUT2D eigenvalue weighted by atomic mass is 10.3. The maximum atomic E-state index is 8.69. The van der Waals surface area contributed by atoms with E-state index in [1.165, 1.54) is 6.33 Å². The predicted octanol–water partition coefficient (Wildman–Crippen LogP) is 0.759. The predicted molar refractivity (Wildman–Crippen MR) is 73.4 cm³/mol. The van der Waals surface area contributed by atoms with Crippen LogP contribution in [0.5, 0.6) is 0 Å². The number of nitrogen functional groups attached to an aromatic ring is 1. The van der Waals surface area contributed by atoms with Gasteiger partial charge in [-0.3, -0.25) is 0 Å². The monoisotopic (exact) mass is 259 g/mol. The maximum absolute atomic E-state index is 8.69. The smallest absolute Gasteiger partial charge is 0.157 e. The van der Waals surface area contributed by atoms with Crippen molar-refractivity contribution in [2.24, 2.45) is 0 Å². The van der Waals surface area contributed by atoms with Crippen LogP contribution in [0, 0.1) is 22.7 Å². The zero-order valence-corrected chi connectivity index (χ0v) is 11.2. The average Bonchev–Trinajstić information content (AvgIpc) is 2.39. The number of anilines is 3. The molecule has 2 N–H and O–H groups in total. The van der Waals surface area contributed by atoms with E-state index in [1.54, 1.807) is 4.90 Å². The standard InChI is InChI=1S/C12H17N7/c1-18(2)11-10(15)12(17-9-16-11)19(7-3-5-13)8-4-6-14/h9H,3-4,7-8,15H2,1-2H3. The zero-order valence-electron chi connectivity index (χ0n) is 11.2. The molecule has 0 atom stereocenters. The molecule has 0 aliphatic rings. The lowest BCUT2D eigenvalue weighted by Gasteiger charge is -2.24. The number of nitrogens with two attached hydrogens (primary N) is 1. The van der Waals surface area contributed by atoms with Gasteiger partial charge in [0.1, 0.15) is 12.0 Å². The molecular formula is C12H17N7. The SMILES string of the molecule is CN(C)c1ncnc(N(CCC#N)CCC#N)c1N. The molecule has 0 saturated carbocycles. The molecule has 0 aromatic carbocycles. The first-order valence-electron chi connectivity index (χ1n) is 5.88. The van der Waals surface area contributed by atoms with E-state index in [0.717, 1.165) is 0 Å². The van der Waals surface area contributed by atoms with Gasteiger partial charge in [0.05, 0.1) is 25.0 Å². The lowest BCUT2D eigenvalue weighted by Crippen LogP contribution is -2.28. The zero-order chi connectivity index (χ0) is 14.3. The van der Waals surface area contributed by atoms with Gasteiger partial charge in [0.2, 0.25) is 0 Å². The van der Waals surface area contributed by atoms with Gasteiger partial charge >= 0.3 is 0 Å². The molecule has 0 unspecified atom stereocenters. The Labute approximate surface area is 112 Å². The Morgan fingerprint density at radius 2 is 1.63 bits per heavy atom. The van der Waals surface area contributed by atoms with Gasteiger partial charge in [0, 0.05) is 27.2 Å². The second-order valence-electron chi connectivity index (χ2n) is 4.13. The quantitative estimate of drug-likeness (QED) is 0.803. The summed E-state index contributed by atoms with van der Waals surface area (Å²) in [4.78, 5) is 11.9. The van der Waals surface area contributed by atoms with Crippen molar-refractivity contribution in [1.29, 1.82) is 10.5 Å². The van der Waals surface area contributed by atoms with Gasteiger partial charge in [0.15, 0.2) is 11.6 Å². The summed E-state index contributed by atoms with van der Waals surface area (Å²) in [5.41, 5.74) is 6.52. The fraction of sp³-hybridized carbons (Fsp3) is 0.500. The lowest BCUT2D eigenvalue weighted by molar-refractivity contribution is 0.780. The van der Waals surface area contributed by atoms with E-state index in [4.69, 9.17) is 16.3 Å². The van der Waals surface area contributed by atoms with Crippen LogP contribution in [0.15, 0.2) is 6.33 Å². The van der Waals surface area contributed by atoms with E-state index in [-0.39, 0.29) is 0 Å². The van der Waals surface area contributed by atoms with Crippen LogP contribution >= 0.6 is 0 Å². The third kappa shape index (κ3) is 3.71. The van der Waals surface area contributed by atoms with Gasteiger partial charge in [-0.05, 0) is 0 Å². The summed E-state index contributed by atoms with van der Waals surface area (Å²) in [6.07, 6.45) is 2.14. The molecule has 1 rings (SSSR count). The second kappa shape index (κ2) is 7.02. The molecule has 7 heteroatoms. The summed E-state index contributed by atoms with van der Waals surface area (Å²) in [5, 5.41) is 17.4. The van der Waals surface area contributed by atoms with E-state index < -0.39 is 0 Å². The highest BCUT2D eigenvalue weighted by Crippen LogP contribution is 2.27. The summed E-state index contributed by atoms with van der Waals surface area (Å²) in [6.45, 7) is 0.985. The highest BCUT2D eigenvalue weighted by Gasteiger charge is 2.15. The van der Waals surface area contributed by atoms with Crippen LogP contribution in [0.4, 0.5) is 17.3 Å². The molecule has 1 aromatic heterocycles. The first-order chi connectivity index (χ1) is 9.11. The summed E-state index contributed by atoms with van der Waals surface area (Å²) in [6, 6.07) is 4.16. The van der Waals surface area contributed by atoms with E-state index in [1.807, 2.05) is 19.0 Å². The molecule has 0 aliphatic heterocycles. The normalized spacial score (nSPS) is 9.47. The molecule has 0 bridgehead atoms. The molecule has 7 nitrogen and oxygen atoms in total. The van der Waals surface area contributed by atoms with Gasteiger partial charge in [-0.1, -0.05) is 0 Å². The minimum absolute atomic E-state index is 0.353. The topological polar surface area (TPSA) is 106 Å². The van der Waals surface area contributed by atoms with E-state index in [0.29, 0.717) is 43.3 Å². The molecule has 1 heterocycles. The molecule has 0 spiro atoms. The Morgan fingerprint density at radius 3 is 2.11 bits per heavy atom. The first-order valence-corrected chi connectivity index (χ1v) is 5.88. The van der Waals surface area contributed by atoms with Crippen LogP contribution in [0.25, 0.3) is 0 Å².